The predicted octanol–water partition coefficient (Wildman–Crippen LogP) is 0.534. The number of aliphatic hydroxyl groups is 2. The van der Waals surface area contributed by atoms with E-state index in [9.17, 15) is 5.11 Å². The number of aliphatic hydroxyl groups excluding tert-OH is 2. The number of nitrogens with zero attached hydrogens (tertiary/aromatic N) is 2. The zero-order valence-corrected chi connectivity index (χ0v) is 8.94. The van der Waals surface area contributed by atoms with Gasteiger partial charge in [-0.15, -0.1) is 0 Å². The molecule has 80 valence electrons. The van der Waals surface area contributed by atoms with Gasteiger partial charge in [0, 0.05) is 6.20 Å². The molecule has 0 saturated carbocycles. The highest BCUT2D eigenvalue weighted by Gasteiger charge is 2.16. The first-order valence-electron chi connectivity index (χ1n) is 4.75. The van der Waals surface area contributed by atoms with Crippen LogP contribution in [0.2, 0.25) is 0 Å². The zero-order chi connectivity index (χ0) is 10.8. The van der Waals surface area contributed by atoms with E-state index in [1.165, 1.54) is 0 Å². The summed E-state index contributed by atoms with van der Waals surface area (Å²) >= 11 is 0. The summed E-state index contributed by atoms with van der Waals surface area (Å²) in [6.07, 6.45) is 2.96. The van der Waals surface area contributed by atoms with Crippen LogP contribution in [0.1, 0.15) is 26.3 Å². The molecule has 0 spiro atoms. The van der Waals surface area contributed by atoms with Crippen molar-refractivity contribution >= 4 is 0 Å². The van der Waals surface area contributed by atoms with Gasteiger partial charge in [-0.05, 0) is 11.0 Å². The lowest BCUT2D eigenvalue weighted by atomic mass is 9.90. The Morgan fingerprint density at radius 1 is 1.50 bits per heavy atom. The van der Waals surface area contributed by atoms with Gasteiger partial charge >= 0.3 is 0 Å². The molecule has 1 heterocycles. The summed E-state index contributed by atoms with van der Waals surface area (Å²) in [6, 6.07) is 0. The summed E-state index contributed by atoms with van der Waals surface area (Å²) in [5, 5.41) is 22.0. The molecule has 0 bridgehead atoms. The quantitative estimate of drug-likeness (QED) is 0.745. The zero-order valence-electron chi connectivity index (χ0n) is 8.94. The molecule has 1 unspecified atom stereocenters. The SMILES string of the molecule is CC(C)(C)c1cnn(CC(O)CO)c1. The van der Waals surface area contributed by atoms with Gasteiger partial charge in [0.05, 0.1) is 25.5 Å². The summed E-state index contributed by atoms with van der Waals surface area (Å²) in [6.45, 7) is 6.43. The molecule has 0 aliphatic heterocycles. The second-order valence-electron chi connectivity index (χ2n) is 4.54. The van der Waals surface area contributed by atoms with Gasteiger partial charge in [0.25, 0.3) is 0 Å². The summed E-state index contributed by atoms with van der Waals surface area (Å²) in [7, 11) is 0. The Balaban J connectivity index is 2.69. The average molecular weight is 198 g/mol. The van der Waals surface area contributed by atoms with Gasteiger partial charge in [0.15, 0.2) is 0 Å². The monoisotopic (exact) mass is 198 g/mol. The third-order valence-electron chi connectivity index (χ3n) is 2.11. The molecule has 4 nitrogen and oxygen atoms in total. The number of hydrogen-bond acceptors (Lipinski definition) is 3. The minimum absolute atomic E-state index is 0.0718. The van der Waals surface area contributed by atoms with E-state index in [2.05, 4.69) is 25.9 Å². The second-order valence-corrected chi connectivity index (χ2v) is 4.54. The molecule has 0 saturated heterocycles. The molecule has 1 aromatic heterocycles. The Hall–Kier alpha value is -0.870. The minimum Gasteiger partial charge on any atom is -0.394 e. The van der Waals surface area contributed by atoms with Crippen LogP contribution in [0.4, 0.5) is 0 Å². The van der Waals surface area contributed by atoms with Crippen LogP contribution < -0.4 is 0 Å². The van der Waals surface area contributed by atoms with E-state index < -0.39 is 6.10 Å². The molecular formula is C10H18N2O2. The van der Waals surface area contributed by atoms with Crippen molar-refractivity contribution in [1.29, 1.82) is 0 Å². The lowest BCUT2D eigenvalue weighted by Gasteiger charge is -2.15. The molecule has 2 N–H and O–H groups in total. The Labute approximate surface area is 84.2 Å². The van der Waals surface area contributed by atoms with Crippen LogP contribution >= 0.6 is 0 Å². The average Bonchev–Trinajstić information content (AvgIpc) is 2.51. The van der Waals surface area contributed by atoms with Gasteiger partial charge in [-0.2, -0.15) is 5.10 Å². The number of hydrogen-bond donors (Lipinski definition) is 2. The third-order valence-corrected chi connectivity index (χ3v) is 2.11. The summed E-state index contributed by atoms with van der Waals surface area (Å²) in [5.74, 6) is 0. The molecule has 1 rings (SSSR count). The van der Waals surface area contributed by atoms with Crippen molar-refractivity contribution in [3.8, 4) is 0 Å². The van der Waals surface area contributed by atoms with Gasteiger partial charge < -0.3 is 10.2 Å². The van der Waals surface area contributed by atoms with Gasteiger partial charge in [-0.1, -0.05) is 20.8 Å². The van der Waals surface area contributed by atoms with Crippen molar-refractivity contribution in [3.63, 3.8) is 0 Å². The predicted molar refractivity (Wildman–Crippen MR) is 54.0 cm³/mol. The van der Waals surface area contributed by atoms with Crippen LogP contribution in [-0.4, -0.2) is 32.7 Å². The van der Waals surface area contributed by atoms with Gasteiger partial charge in [-0.25, -0.2) is 0 Å². The summed E-state index contributed by atoms with van der Waals surface area (Å²) in [5.41, 5.74) is 1.20. The van der Waals surface area contributed by atoms with Gasteiger partial charge in [-0.3, -0.25) is 4.68 Å². The number of rotatable bonds is 3. The molecule has 0 aliphatic rings. The molecule has 1 aromatic rings. The molecule has 0 aromatic carbocycles. The van der Waals surface area contributed by atoms with Crippen LogP contribution in [0.25, 0.3) is 0 Å². The highest BCUT2D eigenvalue weighted by molar-refractivity contribution is 5.15. The first-order valence-corrected chi connectivity index (χ1v) is 4.75. The fraction of sp³-hybridized carbons (Fsp3) is 0.700. The van der Waals surface area contributed by atoms with E-state index in [1.54, 1.807) is 10.9 Å². The topological polar surface area (TPSA) is 58.3 Å². The maximum atomic E-state index is 9.21. The fourth-order valence-corrected chi connectivity index (χ4v) is 1.12. The van der Waals surface area contributed by atoms with Gasteiger partial charge in [0.1, 0.15) is 0 Å². The Kier molecular flexibility index (Phi) is 3.29. The Morgan fingerprint density at radius 3 is 2.57 bits per heavy atom. The standard InChI is InChI=1S/C10H18N2O2/c1-10(2,3)8-4-11-12(5-8)6-9(14)7-13/h4-5,9,13-14H,6-7H2,1-3H3. The summed E-state index contributed by atoms with van der Waals surface area (Å²) < 4.78 is 1.65. The van der Waals surface area contributed by atoms with Crippen molar-refractivity contribution in [3.05, 3.63) is 18.0 Å². The van der Waals surface area contributed by atoms with Crippen molar-refractivity contribution < 1.29 is 10.2 Å². The smallest absolute Gasteiger partial charge is 0.0966 e. The van der Waals surface area contributed by atoms with E-state index in [1.807, 2.05) is 6.20 Å². The lowest BCUT2D eigenvalue weighted by Crippen LogP contribution is -2.20. The third kappa shape index (κ3) is 2.82. The minimum atomic E-state index is -0.734. The molecule has 1 atom stereocenters. The largest absolute Gasteiger partial charge is 0.394 e. The van der Waals surface area contributed by atoms with Crippen molar-refractivity contribution in [1.82, 2.24) is 9.78 Å². The molecular weight excluding hydrogens is 180 g/mol. The van der Waals surface area contributed by atoms with Crippen molar-refractivity contribution in [2.75, 3.05) is 6.61 Å². The summed E-state index contributed by atoms with van der Waals surface area (Å²) in [4.78, 5) is 0. The van der Waals surface area contributed by atoms with Crippen molar-refractivity contribution in [2.24, 2.45) is 0 Å². The second kappa shape index (κ2) is 4.11. The highest BCUT2D eigenvalue weighted by Crippen LogP contribution is 2.20. The van der Waals surface area contributed by atoms with Gasteiger partial charge in [0.2, 0.25) is 0 Å². The Morgan fingerprint density at radius 2 is 2.14 bits per heavy atom. The first-order chi connectivity index (χ1) is 6.43. The van der Waals surface area contributed by atoms with E-state index in [4.69, 9.17) is 5.11 Å². The normalized spacial score (nSPS) is 14.4. The van der Waals surface area contributed by atoms with E-state index in [-0.39, 0.29) is 12.0 Å². The first kappa shape index (κ1) is 11.2. The van der Waals surface area contributed by atoms with E-state index >= 15 is 0 Å². The van der Waals surface area contributed by atoms with Crippen LogP contribution in [0.3, 0.4) is 0 Å². The maximum Gasteiger partial charge on any atom is 0.0966 e. The van der Waals surface area contributed by atoms with E-state index in [0.29, 0.717) is 6.54 Å². The molecule has 0 radical (unpaired) electrons. The van der Waals surface area contributed by atoms with Crippen LogP contribution in [0.15, 0.2) is 12.4 Å². The van der Waals surface area contributed by atoms with Crippen LogP contribution in [0, 0.1) is 0 Å². The molecule has 4 heteroatoms. The maximum absolute atomic E-state index is 9.21. The lowest BCUT2D eigenvalue weighted by molar-refractivity contribution is 0.0782. The molecule has 0 amide bonds. The molecule has 0 fully saturated rings. The van der Waals surface area contributed by atoms with Crippen LogP contribution in [-0.2, 0) is 12.0 Å². The fourth-order valence-electron chi connectivity index (χ4n) is 1.12. The van der Waals surface area contributed by atoms with Crippen LogP contribution in [0.5, 0.6) is 0 Å². The molecule has 14 heavy (non-hydrogen) atoms. The molecule has 0 aliphatic carbocycles. The van der Waals surface area contributed by atoms with E-state index in [0.717, 1.165) is 5.56 Å². The number of aromatic nitrogens is 2. The van der Waals surface area contributed by atoms with Crippen molar-refractivity contribution in [2.45, 2.75) is 38.8 Å². The highest BCUT2D eigenvalue weighted by atomic mass is 16.3. The Bertz CT molecular complexity index is 289.